The number of halogens is 6. The summed E-state index contributed by atoms with van der Waals surface area (Å²) in [5.74, 6) is -0.166. The van der Waals surface area contributed by atoms with E-state index in [9.17, 15) is 35.9 Å². The average Bonchev–Trinajstić information content (AvgIpc) is 3.68. The number of aromatic nitrogens is 1. The van der Waals surface area contributed by atoms with Gasteiger partial charge in [-0.2, -0.15) is 26.3 Å². The van der Waals surface area contributed by atoms with Crippen LogP contribution in [0.2, 0.25) is 0 Å². The summed E-state index contributed by atoms with van der Waals surface area (Å²) >= 11 is 1.12. The lowest BCUT2D eigenvalue weighted by atomic mass is 9.64. The van der Waals surface area contributed by atoms with Gasteiger partial charge in [-0.15, -0.1) is 0 Å². The van der Waals surface area contributed by atoms with Crippen molar-refractivity contribution in [2.75, 3.05) is 13.1 Å². The van der Waals surface area contributed by atoms with E-state index in [0.29, 0.717) is 44.0 Å². The van der Waals surface area contributed by atoms with Crippen molar-refractivity contribution < 1.29 is 31.1 Å². The number of nitrogens with one attached hydrogen (secondary N) is 2. The van der Waals surface area contributed by atoms with Crippen molar-refractivity contribution in [3.63, 3.8) is 0 Å². The molecule has 216 valence electrons. The Labute approximate surface area is 230 Å². The summed E-state index contributed by atoms with van der Waals surface area (Å²) in [6.45, 7) is 0.644. The molecule has 0 spiro atoms. The highest BCUT2D eigenvalue weighted by Gasteiger charge is 2.48. The molecule has 12 heteroatoms. The number of hydrogen-bond acceptors (Lipinski definition) is 4. The molecule has 2 aromatic carbocycles. The summed E-state index contributed by atoms with van der Waals surface area (Å²) in [5, 5.41) is 5.97. The van der Waals surface area contributed by atoms with E-state index in [2.05, 4.69) is 10.6 Å². The van der Waals surface area contributed by atoms with E-state index >= 15 is 0 Å². The third-order valence-corrected chi connectivity index (χ3v) is 9.20. The highest BCUT2D eigenvalue weighted by atomic mass is 32.1. The lowest BCUT2D eigenvalue weighted by Crippen LogP contribution is -2.51. The third kappa shape index (κ3) is 5.79. The van der Waals surface area contributed by atoms with Gasteiger partial charge in [-0.3, -0.25) is 9.59 Å². The van der Waals surface area contributed by atoms with Crippen molar-refractivity contribution in [1.82, 2.24) is 15.2 Å². The van der Waals surface area contributed by atoms with Crippen LogP contribution < -0.4 is 15.5 Å². The molecule has 2 aliphatic rings. The van der Waals surface area contributed by atoms with Crippen molar-refractivity contribution in [2.45, 2.75) is 56.9 Å². The molecule has 40 heavy (non-hydrogen) atoms. The minimum absolute atomic E-state index is 0.0827. The Bertz CT molecular complexity index is 1430. The first-order chi connectivity index (χ1) is 18.8. The molecule has 1 saturated carbocycles. The Hall–Kier alpha value is -2.86. The summed E-state index contributed by atoms with van der Waals surface area (Å²) < 4.78 is 82.6. The number of aryl methyl sites for hydroxylation is 1. The van der Waals surface area contributed by atoms with Crippen molar-refractivity contribution in [2.24, 2.45) is 18.4 Å². The van der Waals surface area contributed by atoms with Gasteiger partial charge in [0.25, 0.3) is 0 Å². The zero-order valence-electron chi connectivity index (χ0n) is 21.7. The van der Waals surface area contributed by atoms with E-state index in [0.717, 1.165) is 46.4 Å². The largest absolute Gasteiger partial charge is 0.416 e. The number of piperidine rings is 1. The lowest BCUT2D eigenvalue weighted by molar-refractivity contribution is -0.143. The van der Waals surface area contributed by atoms with Gasteiger partial charge < -0.3 is 15.2 Å². The molecule has 1 amide bonds. The fourth-order valence-corrected chi connectivity index (χ4v) is 6.75. The number of nitrogens with zero attached hydrogens (tertiary/aromatic N) is 1. The topological polar surface area (TPSA) is 63.1 Å². The normalized spacial score (nSPS) is 18.6. The van der Waals surface area contributed by atoms with E-state index < -0.39 is 35.4 Å². The number of alkyl halides is 6. The van der Waals surface area contributed by atoms with E-state index in [1.54, 1.807) is 11.6 Å². The van der Waals surface area contributed by atoms with Crippen LogP contribution in [0.5, 0.6) is 0 Å². The first kappa shape index (κ1) is 28.7. The quantitative estimate of drug-likeness (QED) is 0.325. The Balaban J connectivity index is 1.48. The third-order valence-electron chi connectivity index (χ3n) is 8.20. The van der Waals surface area contributed by atoms with Gasteiger partial charge in [0.1, 0.15) is 0 Å². The number of thiazole rings is 1. The highest BCUT2D eigenvalue weighted by molar-refractivity contribution is 7.16. The maximum absolute atomic E-state index is 14.0. The van der Waals surface area contributed by atoms with Crippen LogP contribution in [0, 0.1) is 11.3 Å². The molecule has 5 nitrogen and oxygen atoms in total. The minimum Gasteiger partial charge on any atom is -0.352 e. The van der Waals surface area contributed by atoms with Crippen LogP contribution in [0.15, 0.2) is 41.2 Å². The van der Waals surface area contributed by atoms with Gasteiger partial charge >= 0.3 is 17.2 Å². The van der Waals surface area contributed by atoms with Crippen molar-refractivity contribution >= 4 is 27.5 Å². The first-order valence-electron chi connectivity index (χ1n) is 13.1. The molecule has 1 aliphatic carbocycles. The maximum atomic E-state index is 14.0. The van der Waals surface area contributed by atoms with Crippen molar-refractivity contribution in [3.8, 4) is 0 Å². The van der Waals surface area contributed by atoms with E-state index in [-0.39, 0.29) is 28.3 Å². The molecule has 3 aromatic rings. The molecule has 0 radical (unpaired) electrons. The van der Waals surface area contributed by atoms with Gasteiger partial charge in [0.05, 0.1) is 26.8 Å². The second-order valence-electron chi connectivity index (χ2n) is 10.9. The molecular weight excluding hydrogens is 556 g/mol. The van der Waals surface area contributed by atoms with Crippen molar-refractivity contribution in [1.29, 1.82) is 0 Å². The Kier molecular flexibility index (Phi) is 7.54. The summed E-state index contributed by atoms with van der Waals surface area (Å²) in [6, 6.07) is 7.14. The number of amides is 1. The second-order valence-corrected chi connectivity index (χ2v) is 11.9. The molecule has 1 atom stereocenters. The Morgan fingerprint density at radius 3 is 2.25 bits per heavy atom. The van der Waals surface area contributed by atoms with Gasteiger partial charge in [0.15, 0.2) is 0 Å². The summed E-state index contributed by atoms with van der Waals surface area (Å²) in [7, 11) is 1.70. The lowest BCUT2D eigenvalue weighted by Gasteiger charge is -2.43. The number of benzene rings is 2. The van der Waals surface area contributed by atoms with Crippen LogP contribution in [-0.4, -0.2) is 23.6 Å². The standard InChI is InChI=1S/C28H29F6N3O2S/c1-37-22-5-4-18(13-23(22)40-25(37)39)21(12-16-2-3-16)26(6-8-35-9-7-26)24(38)36-15-17-10-19(27(29,30)31)14-20(11-17)28(32,33)34/h4-5,10-11,13-14,16,21,35H,2-3,6-9,12,15H2,1H3,(H,36,38). The molecule has 2 N–H and O–H groups in total. The fourth-order valence-electron chi connectivity index (χ4n) is 5.82. The smallest absolute Gasteiger partial charge is 0.352 e. The molecule has 5 rings (SSSR count). The average molecular weight is 586 g/mol. The molecule has 1 aromatic heterocycles. The van der Waals surface area contributed by atoms with Crippen LogP contribution in [0.4, 0.5) is 26.3 Å². The molecule has 2 fully saturated rings. The number of carbonyl (C=O) groups is 1. The summed E-state index contributed by atoms with van der Waals surface area (Å²) in [6.07, 6.45) is -6.18. The molecular formula is C28H29F6N3O2S. The number of rotatable bonds is 7. The van der Waals surface area contributed by atoms with Gasteiger partial charge in [-0.1, -0.05) is 30.2 Å². The van der Waals surface area contributed by atoms with Gasteiger partial charge in [0, 0.05) is 13.6 Å². The molecule has 2 heterocycles. The number of hydrogen-bond donors (Lipinski definition) is 2. The number of carbonyl (C=O) groups excluding carboxylic acids is 1. The van der Waals surface area contributed by atoms with Gasteiger partial charge in [-0.25, -0.2) is 0 Å². The van der Waals surface area contributed by atoms with Crippen LogP contribution in [-0.2, 0) is 30.7 Å². The van der Waals surface area contributed by atoms with Gasteiger partial charge in [0.2, 0.25) is 5.91 Å². The zero-order chi connectivity index (χ0) is 28.9. The van der Waals surface area contributed by atoms with Crippen LogP contribution in [0.3, 0.4) is 0 Å². The SMILES string of the molecule is Cn1c(=O)sc2cc(C(CC3CC3)C3(C(=O)NCc4cc(C(F)(F)F)cc(C(F)(F)F)c4)CCNCC3)ccc21. The van der Waals surface area contributed by atoms with Crippen molar-refractivity contribution in [3.05, 3.63) is 68.3 Å². The molecule has 0 bridgehead atoms. The minimum atomic E-state index is -4.97. The Morgan fingerprint density at radius 1 is 1.05 bits per heavy atom. The van der Waals surface area contributed by atoms with E-state index in [1.807, 2.05) is 18.2 Å². The fraction of sp³-hybridized carbons (Fsp3) is 0.500. The van der Waals surface area contributed by atoms with E-state index in [4.69, 9.17) is 0 Å². The van der Waals surface area contributed by atoms with Gasteiger partial charge in [-0.05, 0) is 85.6 Å². The second kappa shape index (κ2) is 10.5. The summed E-state index contributed by atoms with van der Waals surface area (Å²) in [5.41, 5.74) is -2.30. The highest BCUT2D eigenvalue weighted by Crippen LogP contribution is 2.51. The molecule has 1 saturated heterocycles. The first-order valence-corrected chi connectivity index (χ1v) is 14.0. The maximum Gasteiger partial charge on any atom is 0.416 e. The van der Waals surface area contributed by atoms with E-state index in [1.165, 1.54) is 0 Å². The summed E-state index contributed by atoms with van der Waals surface area (Å²) in [4.78, 5) is 26.1. The Morgan fingerprint density at radius 2 is 1.68 bits per heavy atom. The van der Waals surface area contributed by atoms with Crippen LogP contribution in [0.25, 0.3) is 10.2 Å². The zero-order valence-corrected chi connectivity index (χ0v) is 22.5. The molecule has 1 unspecified atom stereocenters. The van der Waals surface area contributed by atoms with Crippen LogP contribution in [0.1, 0.15) is 60.3 Å². The predicted molar refractivity (Wildman–Crippen MR) is 140 cm³/mol. The molecule has 1 aliphatic heterocycles. The van der Waals surface area contributed by atoms with Crippen LogP contribution >= 0.6 is 11.3 Å². The number of fused-ring (bicyclic) bond motifs is 1. The monoisotopic (exact) mass is 585 g/mol. The predicted octanol–water partition coefficient (Wildman–Crippen LogP) is 6.21.